The number of allylic oxidation sites excluding steroid dienone is 4. The summed E-state index contributed by atoms with van der Waals surface area (Å²) < 4.78 is 0. The van der Waals surface area contributed by atoms with Crippen LogP contribution in [0.2, 0.25) is 0 Å². The molecule has 98 valence electrons. The molecule has 0 amide bonds. The van der Waals surface area contributed by atoms with Gasteiger partial charge in [0.25, 0.3) is 0 Å². The second-order valence-corrected chi connectivity index (χ2v) is 4.55. The quantitative estimate of drug-likeness (QED) is 0.544. The zero-order valence-electron chi connectivity index (χ0n) is 11.4. The Labute approximate surface area is 115 Å². The molecule has 1 aromatic carbocycles. The molecular formula is C17H20N2. The fraction of sp³-hybridized carbons (Fsp3) is 0.294. The molecule has 0 fully saturated rings. The molecule has 2 heteroatoms. The summed E-state index contributed by atoms with van der Waals surface area (Å²) in [5.41, 5.74) is 3.00. The molecule has 0 saturated carbocycles. The van der Waals surface area contributed by atoms with E-state index in [1.165, 1.54) is 19.3 Å². The van der Waals surface area contributed by atoms with Crippen molar-refractivity contribution in [3.8, 4) is 0 Å². The maximum atomic E-state index is 4.55. The van der Waals surface area contributed by atoms with Crippen molar-refractivity contribution in [1.82, 2.24) is 0 Å². The van der Waals surface area contributed by atoms with Crippen LogP contribution in [0.4, 0.5) is 5.69 Å². The van der Waals surface area contributed by atoms with Crippen LogP contribution < -0.4 is 0 Å². The molecular weight excluding hydrogens is 232 g/mol. The van der Waals surface area contributed by atoms with E-state index >= 15 is 0 Å². The lowest BCUT2D eigenvalue weighted by atomic mass is 10.1. The molecule has 1 aliphatic rings. The zero-order valence-corrected chi connectivity index (χ0v) is 11.4. The smallest absolute Gasteiger partial charge is 0.0638 e. The Morgan fingerprint density at radius 3 is 2.21 bits per heavy atom. The first-order valence-electron chi connectivity index (χ1n) is 6.93. The Morgan fingerprint density at radius 2 is 1.53 bits per heavy atom. The van der Waals surface area contributed by atoms with Gasteiger partial charge in [-0.25, -0.2) is 4.99 Å². The summed E-state index contributed by atoms with van der Waals surface area (Å²) >= 11 is 0. The first kappa shape index (κ1) is 13.5. The topological polar surface area (TPSA) is 24.7 Å². The molecule has 0 radical (unpaired) electrons. The molecule has 0 aliphatic heterocycles. The van der Waals surface area contributed by atoms with Crippen LogP contribution >= 0.6 is 0 Å². The minimum atomic E-state index is 0.920. The minimum absolute atomic E-state index is 0.920. The van der Waals surface area contributed by atoms with Gasteiger partial charge in [0.15, 0.2) is 0 Å². The maximum absolute atomic E-state index is 4.55. The van der Waals surface area contributed by atoms with E-state index in [9.17, 15) is 0 Å². The maximum Gasteiger partial charge on any atom is 0.0638 e. The molecule has 2 nitrogen and oxygen atoms in total. The number of aliphatic imine (C=N–C) groups is 2. The van der Waals surface area contributed by atoms with E-state index in [0.717, 1.165) is 23.7 Å². The van der Waals surface area contributed by atoms with Crippen LogP contribution in [0.3, 0.4) is 0 Å². The summed E-state index contributed by atoms with van der Waals surface area (Å²) in [5, 5.41) is 0. The highest BCUT2D eigenvalue weighted by molar-refractivity contribution is 6.18. The van der Waals surface area contributed by atoms with E-state index in [1.54, 1.807) is 0 Å². The summed E-state index contributed by atoms with van der Waals surface area (Å²) in [6.45, 7) is 3.13. The Kier molecular flexibility index (Phi) is 5.30. The summed E-state index contributed by atoms with van der Waals surface area (Å²) in [6, 6.07) is 10.00. The third kappa shape index (κ3) is 4.66. The first-order valence-corrected chi connectivity index (χ1v) is 6.93. The fourth-order valence-corrected chi connectivity index (χ4v) is 1.85. The molecule has 19 heavy (non-hydrogen) atoms. The standard InChI is InChI=1S/C17H20N2/c1-2-3-7-14-18-15-10-12-17(13-11-15)19-16-8-5-4-6-9-16/h4-6,8-13H,2-3,7,14H2,1H3. The number of hydrogen-bond acceptors (Lipinski definition) is 2. The number of benzene rings is 1. The van der Waals surface area contributed by atoms with E-state index in [1.807, 2.05) is 54.6 Å². The molecule has 0 bridgehead atoms. The highest BCUT2D eigenvalue weighted by Gasteiger charge is 1.99. The monoisotopic (exact) mass is 252 g/mol. The van der Waals surface area contributed by atoms with Crippen molar-refractivity contribution in [2.45, 2.75) is 26.2 Å². The molecule has 0 spiro atoms. The average Bonchev–Trinajstić information content (AvgIpc) is 2.46. The van der Waals surface area contributed by atoms with Crippen molar-refractivity contribution in [3.05, 3.63) is 54.6 Å². The van der Waals surface area contributed by atoms with Crippen LogP contribution in [0.15, 0.2) is 64.6 Å². The highest BCUT2D eigenvalue weighted by atomic mass is 14.7. The van der Waals surface area contributed by atoms with Crippen molar-refractivity contribution >= 4 is 17.1 Å². The van der Waals surface area contributed by atoms with Crippen LogP contribution in [0.5, 0.6) is 0 Å². The molecule has 0 N–H and O–H groups in total. The second-order valence-electron chi connectivity index (χ2n) is 4.55. The zero-order chi connectivity index (χ0) is 13.3. The molecule has 1 aliphatic carbocycles. The minimum Gasteiger partial charge on any atom is -0.285 e. The van der Waals surface area contributed by atoms with Gasteiger partial charge in [-0.1, -0.05) is 38.0 Å². The Bertz CT molecular complexity index is 489. The summed E-state index contributed by atoms with van der Waals surface area (Å²) in [5.74, 6) is 0. The third-order valence-electron chi connectivity index (χ3n) is 2.92. The lowest BCUT2D eigenvalue weighted by Gasteiger charge is -2.03. The van der Waals surface area contributed by atoms with Gasteiger partial charge < -0.3 is 0 Å². The summed E-state index contributed by atoms with van der Waals surface area (Å²) in [6.07, 6.45) is 11.8. The third-order valence-corrected chi connectivity index (χ3v) is 2.92. The van der Waals surface area contributed by atoms with E-state index in [4.69, 9.17) is 0 Å². The SMILES string of the molecule is CCCCCN=C1C=CC(=Nc2ccccc2)C=C1. The molecule has 0 atom stereocenters. The van der Waals surface area contributed by atoms with Gasteiger partial charge in [0.2, 0.25) is 0 Å². The van der Waals surface area contributed by atoms with Crippen molar-refractivity contribution in [2.24, 2.45) is 9.98 Å². The van der Waals surface area contributed by atoms with Crippen molar-refractivity contribution in [1.29, 1.82) is 0 Å². The lowest BCUT2D eigenvalue weighted by molar-refractivity contribution is 0.729. The lowest BCUT2D eigenvalue weighted by Crippen LogP contribution is -2.00. The molecule has 0 aromatic heterocycles. The van der Waals surface area contributed by atoms with Gasteiger partial charge in [-0.3, -0.25) is 4.99 Å². The first-order chi connectivity index (χ1) is 9.38. The molecule has 2 rings (SSSR count). The van der Waals surface area contributed by atoms with Crippen LogP contribution in [0.1, 0.15) is 26.2 Å². The average molecular weight is 252 g/mol. The van der Waals surface area contributed by atoms with E-state index in [0.29, 0.717) is 0 Å². The van der Waals surface area contributed by atoms with Crippen LogP contribution in [0, 0.1) is 0 Å². The van der Waals surface area contributed by atoms with Gasteiger partial charge in [0.05, 0.1) is 17.1 Å². The summed E-state index contributed by atoms with van der Waals surface area (Å²) in [4.78, 5) is 9.10. The fourth-order valence-electron chi connectivity index (χ4n) is 1.85. The Hall–Kier alpha value is -1.96. The predicted molar refractivity (Wildman–Crippen MR) is 83.6 cm³/mol. The van der Waals surface area contributed by atoms with Crippen molar-refractivity contribution < 1.29 is 0 Å². The number of unbranched alkanes of at least 4 members (excludes halogenated alkanes) is 2. The predicted octanol–water partition coefficient (Wildman–Crippen LogP) is 4.52. The largest absolute Gasteiger partial charge is 0.285 e. The second kappa shape index (κ2) is 7.47. The number of rotatable bonds is 5. The van der Waals surface area contributed by atoms with Gasteiger partial charge >= 0.3 is 0 Å². The number of nitrogens with zero attached hydrogens (tertiary/aromatic N) is 2. The number of para-hydroxylation sites is 1. The Balaban J connectivity index is 1.93. The number of hydrogen-bond donors (Lipinski definition) is 0. The summed E-state index contributed by atoms with van der Waals surface area (Å²) in [7, 11) is 0. The van der Waals surface area contributed by atoms with Gasteiger partial charge in [-0.15, -0.1) is 0 Å². The van der Waals surface area contributed by atoms with Crippen molar-refractivity contribution in [2.75, 3.05) is 6.54 Å². The van der Waals surface area contributed by atoms with E-state index in [-0.39, 0.29) is 0 Å². The van der Waals surface area contributed by atoms with E-state index < -0.39 is 0 Å². The van der Waals surface area contributed by atoms with Crippen LogP contribution in [-0.4, -0.2) is 18.0 Å². The van der Waals surface area contributed by atoms with Gasteiger partial charge in [-0.2, -0.15) is 0 Å². The molecule has 0 heterocycles. The van der Waals surface area contributed by atoms with Crippen LogP contribution in [-0.2, 0) is 0 Å². The Morgan fingerprint density at radius 1 is 0.842 bits per heavy atom. The van der Waals surface area contributed by atoms with Crippen molar-refractivity contribution in [3.63, 3.8) is 0 Å². The molecule has 0 saturated heterocycles. The molecule has 0 unspecified atom stereocenters. The van der Waals surface area contributed by atoms with E-state index in [2.05, 4.69) is 16.9 Å². The molecule has 1 aromatic rings. The van der Waals surface area contributed by atoms with Gasteiger partial charge in [0, 0.05) is 6.54 Å². The normalized spacial score (nSPS) is 13.7. The van der Waals surface area contributed by atoms with Gasteiger partial charge in [-0.05, 0) is 42.9 Å². The van der Waals surface area contributed by atoms with Crippen LogP contribution in [0.25, 0.3) is 0 Å². The highest BCUT2D eigenvalue weighted by Crippen LogP contribution is 2.12. The van der Waals surface area contributed by atoms with Gasteiger partial charge in [0.1, 0.15) is 0 Å².